The van der Waals surface area contributed by atoms with Gasteiger partial charge in [-0.25, -0.2) is 9.59 Å². The lowest BCUT2D eigenvalue weighted by Gasteiger charge is -2.43. The summed E-state index contributed by atoms with van der Waals surface area (Å²) >= 11 is 0. The zero-order valence-electron chi connectivity index (χ0n) is 33.0. The van der Waals surface area contributed by atoms with Crippen LogP contribution < -0.4 is 10.4 Å². The molecule has 3 aliphatic heterocycles. The maximum atomic E-state index is 14.6. The third-order valence-electron chi connectivity index (χ3n) is 12.0. The third kappa shape index (κ3) is 7.89. The number of ether oxygens (including phenoxy) is 3. The molecular formula is C49H48O9. The van der Waals surface area contributed by atoms with Crippen LogP contribution in [0.3, 0.4) is 0 Å². The lowest BCUT2D eigenvalue weighted by Crippen LogP contribution is -2.52. The van der Waals surface area contributed by atoms with Crippen LogP contribution in [0.5, 0.6) is 5.75 Å². The van der Waals surface area contributed by atoms with Crippen molar-refractivity contribution in [1.82, 2.24) is 0 Å². The lowest BCUT2D eigenvalue weighted by atomic mass is 9.72. The first kappa shape index (κ1) is 39.1. The summed E-state index contributed by atoms with van der Waals surface area (Å²) in [6.45, 7) is 4.41. The highest BCUT2D eigenvalue weighted by molar-refractivity contribution is 5.90. The molecule has 1 aromatic heterocycles. The molecule has 4 aromatic carbocycles. The summed E-state index contributed by atoms with van der Waals surface area (Å²) in [7, 11) is 0. The van der Waals surface area contributed by atoms with E-state index in [0.29, 0.717) is 47.1 Å². The highest BCUT2D eigenvalue weighted by Crippen LogP contribution is 2.48. The second-order valence-electron chi connectivity index (χ2n) is 16.3. The number of aliphatic hydroxyl groups excluding tert-OH is 2. The van der Waals surface area contributed by atoms with E-state index in [9.17, 15) is 24.6 Å². The van der Waals surface area contributed by atoms with Crippen molar-refractivity contribution in [2.75, 3.05) is 6.61 Å². The number of aryl methyl sites for hydroxylation is 1. The van der Waals surface area contributed by atoms with Crippen LogP contribution >= 0.6 is 0 Å². The maximum Gasteiger partial charge on any atom is 0.336 e. The minimum absolute atomic E-state index is 0.0517. The Morgan fingerprint density at radius 1 is 0.810 bits per heavy atom. The van der Waals surface area contributed by atoms with E-state index in [-0.39, 0.29) is 41.9 Å². The second kappa shape index (κ2) is 16.2. The van der Waals surface area contributed by atoms with Crippen LogP contribution in [-0.4, -0.2) is 40.5 Å². The molecule has 298 valence electrons. The number of allylic oxidation sites excluding steroid dienone is 2. The van der Waals surface area contributed by atoms with Gasteiger partial charge in [0.25, 0.3) is 0 Å². The van der Waals surface area contributed by atoms with Crippen LogP contribution in [0, 0.1) is 5.92 Å². The van der Waals surface area contributed by atoms with Crippen molar-refractivity contribution in [3.63, 3.8) is 0 Å². The Balaban J connectivity index is 1.21. The Labute approximate surface area is 337 Å². The Morgan fingerprint density at radius 3 is 2.34 bits per heavy atom. The molecule has 5 atom stereocenters. The van der Waals surface area contributed by atoms with E-state index in [2.05, 4.69) is 84.9 Å². The highest BCUT2D eigenvalue weighted by Gasteiger charge is 2.51. The van der Waals surface area contributed by atoms with Gasteiger partial charge in [-0.1, -0.05) is 91.0 Å². The molecule has 0 spiro atoms. The van der Waals surface area contributed by atoms with Crippen molar-refractivity contribution < 1.29 is 38.4 Å². The van der Waals surface area contributed by atoms with Gasteiger partial charge in [-0.2, -0.15) is 0 Å². The summed E-state index contributed by atoms with van der Waals surface area (Å²) in [5.74, 6) is -1.06. The van der Waals surface area contributed by atoms with Crippen molar-refractivity contribution in [2.24, 2.45) is 5.92 Å². The first-order valence-electron chi connectivity index (χ1n) is 20.0. The first-order chi connectivity index (χ1) is 28.0. The van der Waals surface area contributed by atoms with E-state index in [1.54, 1.807) is 32.9 Å². The Morgan fingerprint density at radius 2 is 1.59 bits per heavy atom. The Hall–Kier alpha value is -5.77. The number of rotatable bonds is 5. The third-order valence-corrected chi connectivity index (χ3v) is 12.0. The molecule has 9 nitrogen and oxygen atoms in total. The molecule has 0 saturated carbocycles. The van der Waals surface area contributed by atoms with Gasteiger partial charge in [-0.05, 0) is 103 Å². The topological polar surface area (TPSA) is 133 Å². The largest absolute Gasteiger partial charge is 0.483 e. The SMILES string of the molecule is CC(CO)=C1CCc2ccc(cc2)C2C=CC(c3cccc(Cc4ccccc4)c3)CC2CC(=O)OC2c3c(ccc4c(CO)cc(=O)oc34)OC(C)(C)C2OC1=O. The van der Waals surface area contributed by atoms with Gasteiger partial charge >= 0.3 is 17.6 Å². The molecule has 9 rings (SSSR count). The van der Waals surface area contributed by atoms with E-state index in [1.807, 2.05) is 6.07 Å². The summed E-state index contributed by atoms with van der Waals surface area (Å²) in [6.07, 6.45) is 4.41. The van der Waals surface area contributed by atoms with Crippen LogP contribution in [0.1, 0.15) is 96.9 Å². The molecular weight excluding hydrogens is 733 g/mol. The molecule has 4 aliphatic rings. The van der Waals surface area contributed by atoms with Crippen molar-refractivity contribution in [3.8, 4) is 5.75 Å². The zero-order chi connectivity index (χ0) is 40.6. The van der Waals surface area contributed by atoms with Gasteiger partial charge in [0.05, 0.1) is 18.8 Å². The van der Waals surface area contributed by atoms with Gasteiger partial charge in [0.15, 0.2) is 12.2 Å². The maximum absolute atomic E-state index is 14.6. The molecule has 0 fully saturated rings. The average molecular weight is 781 g/mol. The van der Waals surface area contributed by atoms with Gasteiger partial charge in [0.2, 0.25) is 0 Å². The first-order valence-corrected chi connectivity index (χ1v) is 20.0. The number of benzene rings is 4. The minimum atomic E-state index is -1.25. The van der Waals surface area contributed by atoms with Crippen LogP contribution in [0.2, 0.25) is 0 Å². The molecule has 2 bridgehead atoms. The molecule has 0 radical (unpaired) electrons. The highest BCUT2D eigenvalue weighted by atomic mass is 16.6. The fourth-order valence-corrected chi connectivity index (χ4v) is 8.88. The molecule has 5 unspecified atom stereocenters. The average Bonchev–Trinajstić information content (AvgIpc) is 3.21. The number of hydrogen-bond acceptors (Lipinski definition) is 9. The molecule has 9 heteroatoms. The van der Waals surface area contributed by atoms with Gasteiger partial charge in [0, 0.05) is 35.3 Å². The summed E-state index contributed by atoms with van der Waals surface area (Å²) < 4.78 is 25.1. The predicted molar refractivity (Wildman–Crippen MR) is 219 cm³/mol. The normalized spacial score (nSPS) is 23.8. The quantitative estimate of drug-likeness (QED) is 0.0782. The van der Waals surface area contributed by atoms with Crippen molar-refractivity contribution >= 4 is 22.9 Å². The fourth-order valence-electron chi connectivity index (χ4n) is 8.88. The van der Waals surface area contributed by atoms with Gasteiger partial charge in [0.1, 0.15) is 16.9 Å². The molecule has 4 heterocycles. The van der Waals surface area contributed by atoms with E-state index >= 15 is 0 Å². The second-order valence-corrected chi connectivity index (χ2v) is 16.3. The summed E-state index contributed by atoms with van der Waals surface area (Å²) in [5.41, 5.74) is 5.21. The van der Waals surface area contributed by atoms with E-state index in [4.69, 9.17) is 18.6 Å². The van der Waals surface area contributed by atoms with Crippen LogP contribution in [-0.2, 0) is 38.5 Å². The molecule has 0 amide bonds. The molecule has 0 saturated heterocycles. The molecule has 1 aliphatic carbocycles. The van der Waals surface area contributed by atoms with Crippen LogP contribution in [0.25, 0.3) is 11.0 Å². The van der Waals surface area contributed by atoms with Crippen LogP contribution in [0.4, 0.5) is 0 Å². The number of aliphatic hydroxyl groups is 2. The number of esters is 2. The molecule has 5 aromatic rings. The summed E-state index contributed by atoms with van der Waals surface area (Å²) in [5, 5.41) is 20.8. The lowest BCUT2D eigenvalue weighted by molar-refractivity contribution is -0.188. The predicted octanol–water partition coefficient (Wildman–Crippen LogP) is 8.33. The van der Waals surface area contributed by atoms with Crippen molar-refractivity contribution in [2.45, 2.75) is 89.1 Å². The Bertz CT molecular complexity index is 2460. The van der Waals surface area contributed by atoms with E-state index < -0.39 is 42.0 Å². The summed E-state index contributed by atoms with van der Waals surface area (Å²) in [4.78, 5) is 41.6. The molecule has 2 N–H and O–H groups in total. The zero-order valence-corrected chi connectivity index (χ0v) is 33.0. The van der Waals surface area contributed by atoms with Gasteiger partial charge in [-0.3, -0.25) is 4.79 Å². The number of hydrogen-bond donors (Lipinski definition) is 2. The number of fused-ring (bicyclic) bond motifs is 11. The number of carbonyl (C=O) groups is 2. The van der Waals surface area contributed by atoms with E-state index in [0.717, 1.165) is 17.5 Å². The van der Waals surface area contributed by atoms with Crippen molar-refractivity contribution in [3.05, 3.63) is 170 Å². The Kier molecular flexibility index (Phi) is 10.9. The van der Waals surface area contributed by atoms with E-state index in [1.165, 1.54) is 22.8 Å². The smallest absolute Gasteiger partial charge is 0.336 e. The minimum Gasteiger partial charge on any atom is -0.483 e. The number of carbonyl (C=O) groups excluding carboxylic acids is 2. The molecule has 58 heavy (non-hydrogen) atoms. The van der Waals surface area contributed by atoms with Crippen molar-refractivity contribution in [1.29, 1.82) is 0 Å². The standard InChI is InChI=1S/C49H48O9/c1-29(27-50)38-18-14-30-12-15-33(16-13-30)39-19-17-35(34-11-7-10-32(23-34)22-31-8-5-4-6-9-31)24-36(39)25-42(52)56-46-44-41(58-49(2,3)47(46)57-48(38)54)21-20-40-37(28-51)26-43(53)55-45(40)44/h4-13,15-17,19-21,23,26,35-36,39,46-47,50-51H,14,18,22,24-25,27-28H2,1-3H3. The summed E-state index contributed by atoms with van der Waals surface area (Å²) in [6, 6.07) is 31.9. The fraction of sp³-hybridized carbons (Fsp3) is 0.327. The van der Waals surface area contributed by atoms with Gasteiger partial charge in [-0.15, -0.1) is 0 Å². The van der Waals surface area contributed by atoms with Crippen LogP contribution in [0.15, 0.2) is 130 Å². The van der Waals surface area contributed by atoms with Gasteiger partial charge < -0.3 is 28.8 Å². The monoisotopic (exact) mass is 780 g/mol.